The summed E-state index contributed by atoms with van der Waals surface area (Å²) in [5.74, 6) is -0.0133. The highest BCUT2D eigenvalue weighted by molar-refractivity contribution is 7.20. The third-order valence-corrected chi connectivity index (χ3v) is 7.60. The zero-order valence-electron chi connectivity index (χ0n) is 17.9. The number of nitrogens with zero attached hydrogens (tertiary/aromatic N) is 4. The SMILES string of the molecule is Cc1nn(-c2ccccc2)c2sc(C(=O)NC3CCC(N4CCN(C)C4=O)CC3)cc12. The van der Waals surface area contributed by atoms with Crippen molar-refractivity contribution >= 4 is 33.5 Å². The Morgan fingerprint density at radius 2 is 1.87 bits per heavy atom. The van der Waals surface area contributed by atoms with Gasteiger partial charge in [-0.3, -0.25) is 4.79 Å². The molecule has 0 bridgehead atoms. The van der Waals surface area contributed by atoms with Crippen molar-refractivity contribution in [2.75, 3.05) is 20.1 Å². The summed E-state index contributed by atoms with van der Waals surface area (Å²) in [6.07, 6.45) is 3.70. The van der Waals surface area contributed by atoms with Crippen LogP contribution >= 0.6 is 11.3 Å². The number of rotatable bonds is 4. The molecule has 3 aromatic rings. The van der Waals surface area contributed by atoms with Gasteiger partial charge in [0.25, 0.3) is 5.91 Å². The number of urea groups is 1. The lowest BCUT2D eigenvalue weighted by Gasteiger charge is -2.34. The highest BCUT2D eigenvalue weighted by Crippen LogP contribution is 2.31. The fourth-order valence-corrected chi connectivity index (χ4v) is 5.78. The number of fused-ring (bicyclic) bond motifs is 1. The van der Waals surface area contributed by atoms with Gasteiger partial charge in [0.2, 0.25) is 0 Å². The topological polar surface area (TPSA) is 70.5 Å². The van der Waals surface area contributed by atoms with Gasteiger partial charge in [0.15, 0.2) is 0 Å². The smallest absolute Gasteiger partial charge is 0.320 e. The summed E-state index contributed by atoms with van der Waals surface area (Å²) >= 11 is 1.49. The summed E-state index contributed by atoms with van der Waals surface area (Å²) in [5.41, 5.74) is 1.92. The number of nitrogens with one attached hydrogen (secondary N) is 1. The number of carbonyl (C=O) groups excluding carboxylic acids is 2. The van der Waals surface area contributed by atoms with Crippen molar-refractivity contribution < 1.29 is 9.59 Å². The fraction of sp³-hybridized carbons (Fsp3) is 0.435. The number of para-hydroxylation sites is 1. The predicted octanol–water partition coefficient (Wildman–Crippen LogP) is 3.80. The van der Waals surface area contributed by atoms with Crippen molar-refractivity contribution in [1.29, 1.82) is 0 Å². The normalized spacial score (nSPS) is 21.8. The van der Waals surface area contributed by atoms with Gasteiger partial charge in [-0.1, -0.05) is 18.2 Å². The molecule has 1 saturated heterocycles. The maximum absolute atomic E-state index is 13.0. The van der Waals surface area contributed by atoms with E-state index < -0.39 is 0 Å². The Morgan fingerprint density at radius 1 is 1.13 bits per heavy atom. The first-order chi connectivity index (χ1) is 15.0. The summed E-state index contributed by atoms with van der Waals surface area (Å²) in [4.78, 5) is 30.7. The first-order valence-corrected chi connectivity index (χ1v) is 11.7. The van der Waals surface area contributed by atoms with Crippen LogP contribution in [-0.2, 0) is 0 Å². The van der Waals surface area contributed by atoms with Crippen LogP contribution in [0.3, 0.4) is 0 Å². The van der Waals surface area contributed by atoms with Crippen molar-refractivity contribution in [3.05, 3.63) is 47.0 Å². The minimum Gasteiger partial charge on any atom is -0.349 e. The maximum Gasteiger partial charge on any atom is 0.320 e. The second kappa shape index (κ2) is 8.00. The van der Waals surface area contributed by atoms with E-state index in [9.17, 15) is 9.59 Å². The molecule has 1 aliphatic heterocycles. The zero-order valence-corrected chi connectivity index (χ0v) is 18.7. The van der Waals surface area contributed by atoms with E-state index in [-0.39, 0.29) is 18.0 Å². The quantitative estimate of drug-likeness (QED) is 0.675. The molecule has 2 aromatic heterocycles. The van der Waals surface area contributed by atoms with Crippen LogP contribution in [0, 0.1) is 6.92 Å². The number of aryl methyl sites for hydroxylation is 1. The number of carbonyl (C=O) groups is 2. The van der Waals surface area contributed by atoms with Gasteiger partial charge in [-0.15, -0.1) is 11.3 Å². The van der Waals surface area contributed by atoms with Gasteiger partial charge in [0.1, 0.15) is 4.83 Å². The molecule has 0 unspecified atom stereocenters. The van der Waals surface area contributed by atoms with Crippen molar-refractivity contribution in [2.45, 2.75) is 44.7 Å². The molecule has 1 N–H and O–H groups in total. The second-order valence-corrected chi connectivity index (χ2v) is 9.57. The maximum atomic E-state index is 13.0. The molecular formula is C23H27N5O2S. The average molecular weight is 438 g/mol. The van der Waals surface area contributed by atoms with E-state index in [1.165, 1.54) is 11.3 Å². The van der Waals surface area contributed by atoms with E-state index in [1.807, 2.05) is 60.0 Å². The Morgan fingerprint density at radius 3 is 2.55 bits per heavy atom. The van der Waals surface area contributed by atoms with E-state index in [1.54, 1.807) is 4.90 Å². The minimum absolute atomic E-state index is 0.0133. The lowest BCUT2D eigenvalue weighted by molar-refractivity contribution is 0.0918. The fourth-order valence-electron chi connectivity index (χ4n) is 4.70. The molecule has 0 radical (unpaired) electrons. The molecule has 162 valence electrons. The monoisotopic (exact) mass is 437 g/mol. The van der Waals surface area contributed by atoms with Crippen LogP contribution in [0.15, 0.2) is 36.4 Å². The van der Waals surface area contributed by atoms with Crippen LogP contribution in [0.25, 0.3) is 15.9 Å². The van der Waals surface area contributed by atoms with Crippen molar-refractivity contribution in [2.24, 2.45) is 0 Å². The largest absolute Gasteiger partial charge is 0.349 e. The molecule has 3 heterocycles. The number of benzene rings is 1. The van der Waals surface area contributed by atoms with E-state index in [2.05, 4.69) is 10.4 Å². The van der Waals surface area contributed by atoms with Crippen LogP contribution in [0.4, 0.5) is 4.79 Å². The molecular weight excluding hydrogens is 410 g/mol. The molecule has 0 spiro atoms. The molecule has 31 heavy (non-hydrogen) atoms. The third kappa shape index (κ3) is 3.69. The van der Waals surface area contributed by atoms with E-state index in [0.29, 0.717) is 6.04 Å². The summed E-state index contributed by atoms with van der Waals surface area (Å²) < 4.78 is 1.92. The molecule has 1 aliphatic carbocycles. The predicted molar refractivity (Wildman–Crippen MR) is 122 cm³/mol. The van der Waals surface area contributed by atoms with Crippen LogP contribution in [0.1, 0.15) is 41.0 Å². The Kier molecular flexibility index (Phi) is 5.17. The zero-order chi connectivity index (χ0) is 21.5. The highest BCUT2D eigenvalue weighted by atomic mass is 32.1. The Bertz CT molecular complexity index is 1110. The van der Waals surface area contributed by atoms with Crippen LogP contribution in [0.2, 0.25) is 0 Å². The highest BCUT2D eigenvalue weighted by Gasteiger charge is 2.34. The molecule has 7 nitrogen and oxygen atoms in total. The van der Waals surface area contributed by atoms with Crippen molar-refractivity contribution in [1.82, 2.24) is 24.9 Å². The van der Waals surface area contributed by atoms with Gasteiger partial charge < -0.3 is 15.1 Å². The van der Waals surface area contributed by atoms with E-state index in [4.69, 9.17) is 0 Å². The van der Waals surface area contributed by atoms with Gasteiger partial charge >= 0.3 is 6.03 Å². The third-order valence-electron chi connectivity index (χ3n) is 6.49. The standard InChI is InChI=1S/C23H27N5O2S/c1-15-19-14-20(31-22(19)28(25-15)18-6-4-3-5-7-18)21(29)24-16-8-10-17(11-9-16)27-13-12-26(2)23(27)30/h3-7,14,16-17H,8-13H2,1-2H3,(H,24,29). The molecule has 5 rings (SSSR count). The van der Waals surface area contributed by atoms with E-state index in [0.717, 1.165) is 65.2 Å². The average Bonchev–Trinajstić information content (AvgIpc) is 3.45. The van der Waals surface area contributed by atoms with Gasteiger partial charge in [-0.05, 0) is 50.8 Å². The second-order valence-electron chi connectivity index (χ2n) is 8.54. The molecule has 8 heteroatoms. The minimum atomic E-state index is -0.0133. The van der Waals surface area contributed by atoms with Crippen LogP contribution in [0.5, 0.6) is 0 Å². The molecule has 0 atom stereocenters. The number of aromatic nitrogens is 2. The number of hydrogen-bond donors (Lipinski definition) is 1. The van der Waals surface area contributed by atoms with Gasteiger partial charge in [-0.25, -0.2) is 9.48 Å². The number of thiophene rings is 1. The Balaban J connectivity index is 1.26. The summed E-state index contributed by atoms with van der Waals surface area (Å²) in [6.45, 7) is 3.60. The lowest BCUT2D eigenvalue weighted by atomic mass is 9.90. The molecule has 2 fully saturated rings. The van der Waals surface area contributed by atoms with Crippen LogP contribution < -0.4 is 5.32 Å². The van der Waals surface area contributed by atoms with Gasteiger partial charge in [0.05, 0.1) is 16.3 Å². The number of amides is 3. The Hall–Kier alpha value is -2.87. The summed E-state index contributed by atoms with van der Waals surface area (Å²) in [7, 11) is 1.86. The molecule has 1 aromatic carbocycles. The van der Waals surface area contributed by atoms with Crippen LogP contribution in [-0.4, -0.2) is 63.7 Å². The number of likely N-dealkylation sites (N-methyl/N-ethyl adjacent to an activating group) is 1. The summed E-state index contributed by atoms with van der Waals surface area (Å²) in [6, 6.07) is 12.6. The van der Waals surface area contributed by atoms with Crippen molar-refractivity contribution in [3.63, 3.8) is 0 Å². The van der Waals surface area contributed by atoms with E-state index >= 15 is 0 Å². The van der Waals surface area contributed by atoms with Crippen molar-refractivity contribution in [3.8, 4) is 5.69 Å². The molecule has 3 amide bonds. The lowest BCUT2D eigenvalue weighted by Crippen LogP contribution is -2.45. The first kappa shape index (κ1) is 20.1. The summed E-state index contributed by atoms with van der Waals surface area (Å²) in [5, 5.41) is 8.90. The first-order valence-electron chi connectivity index (χ1n) is 10.9. The van der Waals surface area contributed by atoms with Gasteiger partial charge in [0, 0.05) is 37.6 Å². The molecule has 2 aliphatic rings. The van der Waals surface area contributed by atoms with Gasteiger partial charge in [-0.2, -0.15) is 5.10 Å². The number of hydrogen-bond acceptors (Lipinski definition) is 4. The molecule has 1 saturated carbocycles. The Labute approximate surface area is 185 Å².